The number of thiocarbonyl (C=S) groups is 1. The number of hydrogen-bond donors (Lipinski definition) is 2. The molecule has 2 saturated heterocycles. The average molecular weight is 602 g/mol. The largest absolute Gasteiger partial charge is 0.459 e. The fraction of sp³-hybridized carbons (Fsp3) is 0.344. The van der Waals surface area contributed by atoms with Gasteiger partial charge < -0.3 is 29.8 Å². The van der Waals surface area contributed by atoms with Gasteiger partial charge in [0.2, 0.25) is 5.95 Å². The Morgan fingerprint density at radius 1 is 0.905 bits per heavy atom. The van der Waals surface area contributed by atoms with Crippen LogP contribution < -0.4 is 25.3 Å². The molecule has 2 aromatic heterocycles. The Morgan fingerprint density at radius 3 is 2.40 bits per heavy atom. The second-order valence-electron chi connectivity index (χ2n) is 10.8. The molecule has 0 saturated carbocycles. The van der Waals surface area contributed by atoms with Crippen molar-refractivity contribution in [1.29, 1.82) is 0 Å². The van der Waals surface area contributed by atoms with Gasteiger partial charge in [0, 0.05) is 61.1 Å². The van der Waals surface area contributed by atoms with E-state index < -0.39 is 0 Å². The topological polar surface area (TPSA) is 72.7 Å². The van der Waals surface area contributed by atoms with Crippen LogP contribution in [0.1, 0.15) is 31.9 Å². The van der Waals surface area contributed by atoms with E-state index in [1.807, 2.05) is 36.4 Å². The number of nitrogens with zero attached hydrogens (tertiary/aromatic N) is 5. The lowest BCUT2D eigenvalue weighted by atomic mass is 10.0. The number of nitrogens with one attached hydrogen (secondary N) is 2. The highest BCUT2D eigenvalue weighted by molar-refractivity contribution is 7.80. The lowest BCUT2D eigenvalue weighted by Crippen LogP contribution is -2.47. The Bertz CT molecular complexity index is 1490. The van der Waals surface area contributed by atoms with Gasteiger partial charge in [0.15, 0.2) is 5.11 Å². The predicted octanol–water partition coefficient (Wildman–Crippen LogP) is 6.58. The summed E-state index contributed by atoms with van der Waals surface area (Å²) in [5, 5.41) is 7.63. The van der Waals surface area contributed by atoms with E-state index in [0.717, 1.165) is 61.4 Å². The minimum Gasteiger partial charge on any atom is -0.459 e. The second-order valence-corrected chi connectivity index (χ2v) is 11.7. The summed E-state index contributed by atoms with van der Waals surface area (Å²) in [7, 11) is 0. The first-order valence-corrected chi connectivity index (χ1v) is 15.4. The third-order valence-corrected chi connectivity index (χ3v) is 8.46. The Labute approximate surface area is 257 Å². The van der Waals surface area contributed by atoms with Crippen molar-refractivity contribution in [2.24, 2.45) is 0 Å². The first-order valence-electron chi connectivity index (χ1n) is 14.6. The Hall–Kier alpha value is -3.82. The minimum atomic E-state index is 0.433. The normalized spacial score (nSPS) is 17.3. The minimum absolute atomic E-state index is 0.433. The first-order chi connectivity index (χ1) is 20.5. The monoisotopic (exact) mass is 601 g/mol. The highest BCUT2D eigenvalue weighted by Crippen LogP contribution is 2.28. The van der Waals surface area contributed by atoms with Gasteiger partial charge in [-0.2, -0.15) is 9.97 Å². The van der Waals surface area contributed by atoms with Gasteiger partial charge in [-0.1, -0.05) is 29.8 Å². The van der Waals surface area contributed by atoms with Gasteiger partial charge in [-0.25, -0.2) is 0 Å². The van der Waals surface area contributed by atoms with Crippen molar-refractivity contribution in [2.45, 2.75) is 38.8 Å². The predicted molar refractivity (Wildman–Crippen MR) is 176 cm³/mol. The van der Waals surface area contributed by atoms with Crippen LogP contribution in [-0.2, 0) is 6.54 Å². The Kier molecular flexibility index (Phi) is 8.76. The quantitative estimate of drug-likeness (QED) is 0.228. The van der Waals surface area contributed by atoms with Crippen molar-refractivity contribution in [3.63, 3.8) is 0 Å². The SMILES string of the molecule is CC1CCCCN1c1cc(N2CCN(c3ccccc3)CC2)nc(NC(=S)NCc2ccc(-c3ccc(Cl)cc3)o2)n1. The molecule has 1 unspecified atom stereocenters. The van der Waals surface area contributed by atoms with E-state index in [1.165, 1.54) is 24.9 Å². The highest BCUT2D eigenvalue weighted by Gasteiger charge is 2.24. The van der Waals surface area contributed by atoms with Crippen molar-refractivity contribution in [3.05, 3.63) is 83.6 Å². The van der Waals surface area contributed by atoms with E-state index in [4.69, 9.17) is 38.2 Å². The number of aromatic nitrogens is 2. The van der Waals surface area contributed by atoms with E-state index in [0.29, 0.717) is 28.7 Å². The molecule has 2 aromatic carbocycles. The van der Waals surface area contributed by atoms with Gasteiger partial charge in [0.1, 0.15) is 23.2 Å². The molecule has 2 N–H and O–H groups in total. The summed E-state index contributed by atoms with van der Waals surface area (Å²) in [6.45, 7) is 7.36. The summed E-state index contributed by atoms with van der Waals surface area (Å²) in [5.74, 6) is 3.93. The standard InChI is InChI=1S/C32H36ClN7OS/c1-23-7-5-6-16-40(23)30-21-29(39-19-17-38(18-20-39)26-8-3-2-4-9-26)35-31(36-30)37-32(42)34-22-27-14-15-28(41-27)24-10-12-25(33)13-11-24/h2-4,8-15,21,23H,5-7,16-20,22H2,1H3,(H2,34,35,36,37,42). The van der Waals surface area contributed by atoms with Crippen LogP contribution in [0.4, 0.5) is 23.3 Å². The number of furan rings is 1. The Balaban J connectivity index is 1.14. The molecule has 2 fully saturated rings. The fourth-order valence-electron chi connectivity index (χ4n) is 5.61. The molecule has 2 aliphatic rings. The zero-order valence-electron chi connectivity index (χ0n) is 23.8. The molecular formula is C32H36ClN7OS. The number of hydrogen-bond acceptors (Lipinski definition) is 7. The van der Waals surface area contributed by atoms with Crippen LogP contribution in [0.5, 0.6) is 0 Å². The van der Waals surface area contributed by atoms with Crippen LogP contribution in [-0.4, -0.2) is 53.8 Å². The summed E-state index contributed by atoms with van der Waals surface area (Å²) in [6.07, 6.45) is 3.59. The van der Waals surface area contributed by atoms with Gasteiger partial charge in [0.25, 0.3) is 0 Å². The Morgan fingerprint density at radius 2 is 1.64 bits per heavy atom. The number of rotatable bonds is 7. The second kappa shape index (κ2) is 13.0. The van der Waals surface area contributed by atoms with E-state index in [2.05, 4.69) is 68.7 Å². The summed E-state index contributed by atoms with van der Waals surface area (Å²) in [5.41, 5.74) is 2.24. The molecule has 0 amide bonds. The van der Waals surface area contributed by atoms with Crippen LogP contribution in [0.15, 0.2) is 77.2 Å². The number of para-hydroxylation sites is 1. The molecule has 8 nitrogen and oxygen atoms in total. The van der Waals surface area contributed by atoms with Crippen molar-refractivity contribution >= 4 is 52.2 Å². The molecule has 0 radical (unpaired) electrons. The number of piperazine rings is 1. The maximum atomic E-state index is 6.02. The molecular weight excluding hydrogens is 566 g/mol. The summed E-state index contributed by atoms with van der Waals surface area (Å²) < 4.78 is 6.02. The molecule has 0 bridgehead atoms. The lowest BCUT2D eigenvalue weighted by Gasteiger charge is -2.38. The maximum absolute atomic E-state index is 6.02. The van der Waals surface area contributed by atoms with Crippen molar-refractivity contribution in [2.75, 3.05) is 52.7 Å². The third kappa shape index (κ3) is 6.79. The number of halogens is 1. The van der Waals surface area contributed by atoms with E-state index in [9.17, 15) is 0 Å². The van der Waals surface area contributed by atoms with Crippen molar-refractivity contribution < 1.29 is 4.42 Å². The van der Waals surface area contributed by atoms with E-state index in [1.54, 1.807) is 0 Å². The van der Waals surface area contributed by atoms with Gasteiger partial charge in [0.05, 0.1) is 6.54 Å². The number of anilines is 4. The summed E-state index contributed by atoms with van der Waals surface area (Å²) in [4.78, 5) is 17.0. The fourth-order valence-corrected chi connectivity index (χ4v) is 5.90. The van der Waals surface area contributed by atoms with Gasteiger partial charge in [-0.3, -0.25) is 0 Å². The third-order valence-electron chi connectivity index (χ3n) is 7.96. The van der Waals surface area contributed by atoms with E-state index in [-0.39, 0.29) is 0 Å². The first kappa shape index (κ1) is 28.3. The van der Waals surface area contributed by atoms with Gasteiger partial charge in [-0.05, 0) is 86.9 Å². The molecule has 1 atom stereocenters. The molecule has 4 aromatic rings. The zero-order chi connectivity index (χ0) is 28.9. The van der Waals surface area contributed by atoms with Gasteiger partial charge in [-0.15, -0.1) is 0 Å². The molecule has 4 heterocycles. The lowest BCUT2D eigenvalue weighted by molar-refractivity contribution is 0.481. The molecule has 0 spiro atoms. The van der Waals surface area contributed by atoms with Crippen LogP contribution in [0, 0.1) is 0 Å². The average Bonchev–Trinajstić information content (AvgIpc) is 3.50. The molecule has 10 heteroatoms. The van der Waals surface area contributed by atoms with Crippen LogP contribution in [0.2, 0.25) is 5.02 Å². The summed E-state index contributed by atoms with van der Waals surface area (Å²) >= 11 is 11.7. The van der Waals surface area contributed by atoms with Crippen molar-refractivity contribution in [3.8, 4) is 11.3 Å². The van der Waals surface area contributed by atoms with E-state index >= 15 is 0 Å². The number of benzene rings is 2. The zero-order valence-corrected chi connectivity index (χ0v) is 25.4. The molecule has 0 aliphatic carbocycles. The summed E-state index contributed by atoms with van der Waals surface area (Å²) in [6, 6.07) is 24.7. The van der Waals surface area contributed by atoms with Gasteiger partial charge >= 0.3 is 0 Å². The smallest absolute Gasteiger partial charge is 0.232 e. The highest BCUT2D eigenvalue weighted by atomic mass is 35.5. The molecule has 218 valence electrons. The van der Waals surface area contributed by atoms with Crippen LogP contribution in [0.25, 0.3) is 11.3 Å². The van der Waals surface area contributed by atoms with Crippen LogP contribution in [0.3, 0.4) is 0 Å². The van der Waals surface area contributed by atoms with Crippen LogP contribution >= 0.6 is 23.8 Å². The maximum Gasteiger partial charge on any atom is 0.232 e. The molecule has 6 rings (SSSR count). The molecule has 2 aliphatic heterocycles. The molecule has 42 heavy (non-hydrogen) atoms. The number of piperidine rings is 1. The van der Waals surface area contributed by atoms with Crippen molar-refractivity contribution in [1.82, 2.24) is 15.3 Å².